The van der Waals surface area contributed by atoms with Crippen LogP contribution in [0.2, 0.25) is 0 Å². The van der Waals surface area contributed by atoms with Crippen molar-refractivity contribution in [3.8, 4) is 0 Å². The summed E-state index contributed by atoms with van der Waals surface area (Å²) in [4.78, 5) is 26.2. The highest BCUT2D eigenvalue weighted by Gasteiger charge is 2.27. The Bertz CT molecular complexity index is 755. The number of anilines is 1. The average Bonchev–Trinajstić information content (AvgIpc) is 3.17. The van der Waals surface area contributed by atoms with Crippen LogP contribution in [-0.2, 0) is 16.1 Å². The summed E-state index contributed by atoms with van der Waals surface area (Å²) in [6, 6.07) is 17.2. The molecule has 3 rings (SSSR count). The van der Waals surface area contributed by atoms with E-state index < -0.39 is 0 Å². The number of likely N-dealkylation sites (tertiary alicyclic amines) is 1. The molecule has 26 heavy (non-hydrogen) atoms. The first-order valence-corrected chi connectivity index (χ1v) is 9.07. The molecule has 2 aromatic carbocycles. The van der Waals surface area contributed by atoms with Crippen LogP contribution >= 0.6 is 0 Å². The summed E-state index contributed by atoms with van der Waals surface area (Å²) in [7, 11) is 0. The molecule has 1 fully saturated rings. The molecule has 1 aliphatic rings. The van der Waals surface area contributed by atoms with Gasteiger partial charge in [-0.2, -0.15) is 0 Å². The number of rotatable bonds is 6. The number of carbonyl (C=O) groups excluding carboxylic acids is 2. The van der Waals surface area contributed by atoms with E-state index >= 15 is 0 Å². The summed E-state index contributed by atoms with van der Waals surface area (Å²) >= 11 is 0. The number of nitrogens with zero attached hydrogens (tertiary/aromatic N) is 1. The lowest BCUT2D eigenvalue weighted by atomic mass is 10.0. The van der Waals surface area contributed by atoms with E-state index in [0.29, 0.717) is 6.54 Å². The summed E-state index contributed by atoms with van der Waals surface area (Å²) < 4.78 is 0. The van der Waals surface area contributed by atoms with Crippen LogP contribution in [0.1, 0.15) is 36.9 Å². The van der Waals surface area contributed by atoms with Crippen molar-refractivity contribution in [2.24, 2.45) is 0 Å². The quantitative estimate of drug-likeness (QED) is 0.841. The van der Waals surface area contributed by atoms with Crippen molar-refractivity contribution in [1.82, 2.24) is 10.2 Å². The molecule has 5 nitrogen and oxygen atoms in total. The van der Waals surface area contributed by atoms with Gasteiger partial charge in [0.15, 0.2) is 0 Å². The van der Waals surface area contributed by atoms with Crippen molar-refractivity contribution < 1.29 is 9.59 Å². The third-order valence-corrected chi connectivity index (χ3v) is 4.56. The normalized spacial score (nSPS) is 14.9. The van der Waals surface area contributed by atoms with Gasteiger partial charge in [-0.1, -0.05) is 42.5 Å². The van der Waals surface area contributed by atoms with Gasteiger partial charge in [0.2, 0.25) is 11.8 Å². The third-order valence-electron chi connectivity index (χ3n) is 4.56. The second-order valence-electron chi connectivity index (χ2n) is 6.64. The molecule has 2 amide bonds. The number of hydrogen-bond acceptors (Lipinski definition) is 3. The van der Waals surface area contributed by atoms with Gasteiger partial charge < -0.3 is 10.2 Å². The summed E-state index contributed by atoms with van der Waals surface area (Å²) in [5, 5.41) is 6.20. The van der Waals surface area contributed by atoms with Crippen molar-refractivity contribution in [2.45, 2.75) is 32.4 Å². The lowest BCUT2D eigenvalue weighted by Crippen LogP contribution is -2.39. The first-order valence-electron chi connectivity index (χ1n) is 9.07. The zero-order valence-corrected chi connectivity index (χ0v) is 15.1. The maximum absolute atomic E-state index is 13.0. The predicted molar refractivity (Wildman–Crippen MR) is 103 cm³/mol. The Hall–Kier alpha value is -2.66. The van der Waals surface area contributed by atoms with E-state index in [2.05, 4.69) is 10.6 Å². The zero-order chi connectivity index (χ0) is 18.4. The van der Waals surface area contributed by atoms with E-state index in [1.165, 1.54) is 6.92 Å². The van der Waals surface area contributed by atoms with Crippen LogP contribution in [0.25, 0.3) is 0 Å². The van der Waals surface area contributed by atoms with E-state index in [0.717, 1.165) is 42.7 Å². The largest absolute Gasteiger partial charge is 0.341 e. The van der Waals surface area contributed by atoms with Crippen LogP contribution in [0, 0.1) is 0 Å². The topological polar surface area (TPSA) is 61.4 Å². The van der Waals surface area contributed by atoms with Crippen molar-refractivity contribution in [3.63, 3.8) is 0 Å². The predicted octanol–water partition coefficient (Wildman–Crippen LogP) is 3.10. The minimum absolute atomic E-state index is 0.0958. The van der Waals surface area contributed by atoms with Gasteiger partial charge in [0, 0.05) is 32.2 Å². The highest BCUT2D eigenvalue weighted by Crippen LogP contribution is 2.20. The Labute approximate surface area is 154 Å². The van der Waals surface area contributed by atoms with Crippen LogP contribution in [0.15, 0.2) is 54.6 Å². The number of hydrogen-bond donors (Lipinski definition) is 2. The molecular formula is C21H25N3O2. The standard InChI is InChI=1S/C21H25N3O2/c1-16(25)23-19-11-7-8-17(14-19)15-22-20(18-9-3-2-4-10-18)21(26)24-12-5-6-13-24/h2-4,7-11,14,20,22H,5-6,12-13,15H2,1H3,(H,23,25)/t20-/m0/s1. The Morgan fingerprint density at radius 1 is 1.04 bits per heavy atom. The zero-order valence-electron chi connectivity index (χ0n) is 15.1. The molecular weight excluding hydrogens is 326 g/mol. The Morgan fingerprint density at radius 2 is 1.77 bits per heavy atom. The monoisotopic (exact) mass is 351 g/mol. The molecule has 0 unspecified atom stereocenters. The second kappa shape index (κ2) is 8.63. The molecule has 0 aliphatic carbocycles. The summed E-state index contributed by atoms with van der Waals surface area (Å²) in [5.74, 6) is 0.0354. The molecule has 0 bridgehead atoms. The Morgan fingerprint density at radius 3 is 2.46 bits per heavy atom. The summed E-state index contributed by atoms with van der Waals surface area (Å²) in [6.07, 6.45) is 2.15. The molecule has 0 spiro atoms. The van der Waals surface area contributed by atoms with E-state index in [9.17, 15) is 9.59 Å². The number of benzene rings is 2. The minimum Gasteiger partial charge on any atom is -0.341 e. The molecule has 0 saturated carbocycles. The SMILES string of the molecule is CC(=O)Nc1cccc(CN[C@H](C(=O)N2CCCC2)c2ccccc2)c1. The fourth-order valence-electron chi connectivity index (χ4n) is 3.30. The van der Waals surface area contributed by atoms with E-state index in [-0.39, 0.29) is 17.9 Å². The van der Waals surface area contributed by atoms with Gasteiger partial charge in [-0.3, -0.25) is 14.9 Å². The highest BCUT2D eigenvalue weighted by molar-refractivity contribution is 5.88. The van der Waals surface area contributed by atoms with Crippen molar-refractivity contribution >= 4 is 17.5 Å². The number of carbonyl (C=O) groups is 2. The van der Waals surface area contributed by atoms with E-state index in [1.54, 1.807) is 0 Å². The van der Waals surface area contributed by atoms with Crippen LogP contribution in [0.5, 0.6) is 0 Å². The first kappa shape index (κ1) is 18.1. The van der Waals surface area contributed by atoms with Gasteiger partial charge in [-0.25, -0.2) is 0 Å². The maximum atomic E-state index is 13.0. The van der Waals surface area contributed by atoms with Gasteiger partial charge in [0.25, 0.3) is 0 Å². The van der Waals surface area contributed by atoms with Crippen molar-refractivity contribution in [3.05, 3.63) is 65.7 Å². The van der Waals surface area contributed by atoms with Crippen LogP contribution in [0.3, 0.4) is 0 Å². The van der Waals surface area contributed by atoms with Crippen LogP contribution < -0.4 is 10.6 Å². The second-order valence-corrected chi connectivity index (χ2v) is 6.64. The van der Waals surface area contributed by atoms with E-state index in [4.69, 9.17) is 0 Å². The molecule has 1 heterocycles. The average molecular weight is 351 g/mol. The summed E-state index contributed by atoms with van der Waals surface area (Å²) in [5.41, 5.74) is 2.76. The molecule has 2 N–H and O–H groups in total. The van der Waals surface area contributed by atoms with Gasteiger partial charge in [0.1, 0.15) is 6.04 Å². The van der Waals surface area contributed by atoms with Gasteiger partial charge in [-0.15, -0.1) is 0 Å². The van der Waals surface area contributed by atoms with Gasteiger partial charge in [-0.05, 0) is 36.1 Å². The molecule has 0 radical (unpaired) electrons. The number of amides is 2. The maximum Gasteiger partial charge on any atom is 0.244 e. The molecule has 136 valence electrons. The van der Waals surface area contributed by atoms with Crippen molar-refractivity contribution in [1.29, 1.82) is 0 Å². The fourth-order valence-corrected chi connectivity index (χ4v) is 3.30. The van der Waals surface area contributed by atoms with Gasteiger partial charge in [0.05, 0.1) is 0 Å². The highest BCUT2D eigenvalue weighted by atomic mass is 16.2. The Kier molecular flexibility index (Phi) is 6.02. The summed E-state index contributed by atoms with van der Waals surface area (Å²) in [6.45, 7) is 3.71. The molecule has 1 aliphatic heterocycles. The molecule has 5 heteroatoms. The minimum atomic E-state index is -0.362. The van der Waals surface area contributed by atoms with Crippen LogP contribution in [0.4, 0.5) is 5.69 Å². The lowest BCUT2D eigenvalue weighted by molar-refractivity contribution is -0.132. The van der Waals surface area contributed by atoms with Gasteiger partial charge >= 0.3 is 0 Å². The third kappa shape index (κ3) is 4.70. The van der Waals surface area contributed by atoms with Crippen molar-refractivity contribution in [2.75, 3.05) is 18.4 Å². The smallest absolute Gasteiger partial charge is 0.244 e. The first-order chi connectivity index (χ1) is 12.6. The molecule has 0 aromatic heterocycles. The molecule has 2 aromatic rings. The molecule has 1 atom stereocenters. The number of nitrogens with one attached hydrogen (secondary N) is 2. The molecule has 1 saturated heterocycles. The van der Waals surface area contributed by atoms with E-state index in [1.807, 2.05) is 59.5 Å². The Balaban J connectivity index is 1.73. The van der Waals surface area contributed by atoms with Crippen LogP contribution in [-0.4, -0.2) is 29.8 Å². The lowest BCUT2D eigenvalue weighted by Gasteiger charge is -2.24. The fraction of sp³-hybridized carbons (Fsp3) is 0.333.